The first-order valence-electron chi connectivity index (χ1n) is 6.30. The monoisotopic (exact) mass is 316 g/mol. The topological polar surface area (TPSA) is 70.1 Å². The maximum absolute atomic E-state index is 8.80. The van der Waals surface area contributed by atoms with Gasteiger partial charge in [-0.25, -0.2) is 9.97 Å². The van der Waals surface area contributed by atoms with Gasteiger partial charge in [-0.05, 0) is 42.1 Å². The fraction of sp³-hybridized carbons (Fsp3) is 0.667. The molecule has 0 radical (unpaired) electrons. The van der Waals surface area contributed by atoms with Crippen LogP contribution in [-0.2, 0) is 0 Å². The van der Waals surface area contributed by atoms with Crippen LogP contribution in [-0.4, -0.2) is 34.3 Å². The summed E-state index contributed by atoms with van der Waals surface area (Å²) in [5.74, 6) is 1.60. The first-order valence-corrected chi connectivity index (χ1v) is 7.10. The van der Waals surface area contributed by atoms with E-state index in [-0.39, 0.29) is 12.6 Å². The highest BCUT2D eigenvalue weighted by atomic mass is 79.9. The summed E-state index contributed by atoms with van der Waals surface area (Å²) in [6.07, 6.45) is 4.29. The van der Waals surface area contributed by atoms with Crippen LogP contribution >= 0.6 is 15.9 Å². The number of aliphatic hydroxyl groups is 1. The maximum Gasteiger partial charge on any atom is 0.146 e. The molecule has 0 aliphatic rings. The van der Waals surface area contributed by atoms with Gasteiger partial charge in [-0.3, -0.25) is 0 Å². The number of nitrogens with zero attached hydrogens (tertiary/aromatic N) is 2. The van der Waals surface area contributed by atoms with Crippen LogP contribution in [0, 0.1) is 0 Å². The molecule has 0 saturated heterocycles. The quantitative estimate of drug-likeness (QED) is 0.687. The van der Waals surface area contributed by atoms with E-state index in [9.17, 15) is 0 Å². The van der Waals surface area contributed by atoms with Gasteiger partial charge in [0.1, 0.15) is 22.4 Å². The van der Waals surface area contributed by atoms with Gasteiger partial charge in [0, 0.05) is 19.2 Å². The molecule has 3 N–H and O–H groups in total. The molecule has 6 heteroatoms. The van der Waals surface area contributed by atoms with Crippen molar-refractivity contribution in [1.82, 2.24) is 9.97 Å². The smallest absolute Gasteiger partial charge is 0.146 e. The average molecular weight is 317 g/mol. The molecule has 0 bridgehead atoms. The van der Waals surface area contributed by atoms with Gasteiger partial charge in [-0.15, -0.1) is 0 Å². The third kappa shape index (κ3) is 4.78. The summed E-state index contributed by atoms with van der Waals surface area (Å²) < 4.78 is 0.856. The van der Waals surface area contributed by atoms with Gasteiger partial charge < -0.3 is 15.7 Å². The van der Waals surface area contributed by atoms with Crippen LogP contribution in [0.3, 0.4) is 0 Å². The van der Waals surface area contributed by atoms with Crippen LogP contribution in [0.25, 0.3) is 0 Å². The van der Waals surface area contributed by atoms with Crippen molar-refractivity contribution in [2.45, 2.75) is 39.2 Å². The molecule has 0 amide bonds. The summed E-state index contributed by atoms with van der Waals surface area (Å²) in [5.41, 5.74) is 0. The number of hydrogen-bond donors (Lipinski definition) is 3. The minimum atomic E-state index is 0.222. The normalized spacial score (nSPS) is 12.2. The van der Waals surface area contributed by atoms with E-state index >= 15 is 0 Å². The Hall–Kier alpha value is -0.880. The molecule has 0 fully saturated rings. The van der Waals surface area contributed by atoms with E-state index < -0.39 is 0 Å². The molecule has 1 atom stereocenters. The van der Waals surface area contributed by atoms with Crippen LogP contribution in [0.4, 0.5) is 11.6 Å². The van der Waals surface area contributed by atoms with Gasteiger partial charge in [-0.2, -0.15) is 0 Å². The van der Waals surface area contributed by atoms with Crippen molar-refractivity contribution < 1.29 is 5.11 Å². The summed E-state index contributed by atoms with van der Waals surface area (Å²) >= 11 is 3.51. The number of nitrogens with one attached hydrogen (secondary N) is 2. The molecule has 102 valence electrons. The summed E-state index contributed by atoms with van der Waals surface area (Å²) in [7, 11) is 0. The Morgan fingerprint density at radius 2 is 2.11 bits per heavy atom. The van der Waals surface area contributed by atoms with Crippen molar-refractivity contribution in [3.63, 3.8) is 0 Å². The predicted molar refractivity (Wildman–Crippen MR) is 77.9 cm³/mol. The zero-order valence-electron chi connectivity index (χ0n) is 10.9. The molecule has 1 rings (SSSR count). The van der Waals surface area contributed by atoms with E-state index in [2.05, 4.69) is 50.4 Å². The van der Waals surface area contributed by atoms with Crippen molar-refractivity contribution in [2.75, 3.05) is 23.8 Å². The Morgan fingerprint density at radius 1 is 1.39 bits per heavy atom. The van der Waals surface area contributed by atoms with Gasteiger partial charge in [-0.1, -0.05) is 6.92 Å². The number of aliphatic hydroxyl groups excluding tert-OH is 1. The predicted octanol–water partition coefficient (Wildman–Crippen LogP) is 2.63. The van der Waals surface area contributed by atoms with Crippen molar-refractivity contribution in [1.29, 1.82) is 0 Å². The molecular formula is C12H21BrN4O. The molecule has 1 aromatic heterocycles. The Kier molecular flexibility index (Phi) is 6.97. The molecule has 1 heterocycles. The number of hydrogen-bond acceptors (Lipinski definition) is 5. The van der Waals surface area contributed by atoms with Crippen LogP contribution in [0.5, 0.6) is 0 Å². The van der Waals surface area contributed by atoms with Crippen LogP contribution < -0.4 is 10.6 Å². The Bertz CT molecular complexity index is 362. The summed E-state index contributed by atoms with van der Waals surface area (Å²) in [5, 5.41) is 15.4. The number of halogens is 1. The van der Waals surface area contributed by atoms with E-state index in [0.29, 0.717) is 0 Å². The Labute approximate surface area is 117 Å². The minimum absolute atomic E-state index is 0.222. The summed E-state index contributed by atoms with van der Waals surface area (Å²) in [4.78, 5) is 8.42. The SMILES string of the molecule is CCCNc1ncnc(NC(C)CCCO)c1Br. The van der Waals surface area contributed by atoms with E-state index in [4.69, 9.17) is 5.11 Å². The van der Waals surface area contributed by atoms with E-state index in [1.165, 1.54) is 0 Å². The average Bonchev–Trinajstić information content (AvgIpc) is 2.37. The zero-order chi connectivity index (χ0) is 13.4. The fourth-order valence-electron chi connectivity index (χ4n) is 1.54. The van der Waals surface area contributed by atoms with Crippen molar-refractivity contribution >= 4 is 27.6 Å². The second-order valence-electron chi connectivity index (χ2n) is 4.22. The van der Waals surface area contributed by atoms with Crippen molar-refractivity contribution in [3.05, 3.63) is 10.8 Å². The molecule has 0 aromatic carbocycles. The molecule has 1 aromatic rings. The van der Waals surface area contributed by atoms with Crippen molar-refractivity contribution in [3.8, 4) is 0 Å². The number of anilines is 2. The summed E-state index contributed by atoms with van der Waals surface area (Å²) in [6.45, 7) is 5.29. The standard InChI is InChI=1S/C12H21BrN4O/c1-3-6-14-11-10(13)12(16-8-15-11)17-9(2)5-4-7-18/h8-9,18H,3-7H2,1-2H3,(H2,14,15,16,17). The van der Waals surface area contributed by atoms with Gasteiger partial charge in [0.2, 0.25) is 0 Å². The first kappa shape index (κ1) is 15.2. The van der Waals surface area contributed by atoms with Gasteiger partial charge in [0.05, 0.1) is 0 Å². The lowest BCUT2D eigenvalue weighted by Gasteiger charge is -2.16. The van der Waals surface area contributed by atoms with E-state index in [0.717, 1.165) is 41.9 Å². The van der Waals surface area contributed by atoms with Gasteiger partial charge in [0.25, 0.3) is 0 Å². The lowest BCUT2D eigenvalue weighted by Crippen LogP contribution is -2.17. The van der Waals surface area contributed by atoms with Gasteiger partial charge >= 0.3 is 0 Å². The largest absolute Gasteiger partial charge is 0.396 e. The first-order chi connectivity index (χ1) is 8.69. The van der Waals surface area contributed by atoms with Crippen LogP contribution in [0.1, 0.15) is 33.1 Å². The minimum Gasteiger partial charge on any atom is -0.396 e. The molecule has 18 heavy (non-hydrogen) atoms. The molecule has 0 aliphatic heterocycles. The Balaban J connectivity index is 2.64. The van der Waals surface area contributed by atoms with E-state index in [1.807, 2.05) is 0 Å². The molecule has 5 nitrogen and oxygen atoms in total. The molecule has 0 aliphatic carbocycles. The molecule has 0 saturated carbocycles. The second-order valence-corrected chi connectivity index (χ2v) is 5.02. The zero-order valence-corrected chi connectivity index (χ0v) is 12.5. The lowest BCUT2D eigenvalue weighted by atomic mass is 10.2. The highest BCUT2D eigenvalue weighted by molar-refractivity contribution is 9.10. The second kappa shape index (κ2) is 8.26. The third-order valence-corrected chi connectivity index (χ3v) is 3.26. The third-order valence-electron chi connectivity index (χ3n) is 2.51. The highest BCUT2D eigenvalue weighted by Crippen LogP contribution is 2.27. The fourth-order valence-corrected chi connectivity index (χ4v) is 2.00. The van der Waals surface area contributed by atoms with E-state index in [1.54, 1.807) is 6.33 Å². The van der Waals surface area contributed by atoms with Gasteiger partial charge in [0.15, 0.2) is 0 Å². The lowest BCUT2D eigenvalue weighted by molar-refractivity contribution is 0.282. The molecule has 1 unspecified atom stereocenters. The van der Waals surface area contributed by atoms with Crippen LogP contribution in [0.15, 0.2) is 10.8 Å². The highest BCUT2D eigenvalue weighted by Gasteiger charge is 2.10. The molecular weight excluding hydrogens is 296 g/mol. The Morgan fingerprint density at radius 3 is 2.78 bits per heavy atom. The van der Waals surface area contributed by atoms with Crippen LogP contribution in [0.2, 0.25) is 0 Å². The maximum atomic E-state index is 8.80. The number of aromatic nitrogens is 2. The summed E-state index contributed by atoms with van der Waals surface area (Å²) in [6, 6.07) is 0.266. The van der Waals surface area contributed by atoms with Crippen molar-refractivity contribution in [2.24, 2.45) is 0 Å². The number of rotatable bonds is 8. The molecule has 0 spiro atoms.